The summed E-state index contributed by atoms with van der Waals surface area (Å²) >= 11 is 3.26. The standard InChI is InChI=1S/C16H16BrFN4/c17-10-3-6-13(12(18)7-10)20-15-8-14(9-1-2-9)21-16(22-15)19-11-4-5-11/h3,6-9,11H,1-2,4-5H2,(H2,19,20,21,22). The van der Waals surface area contributed by atoms with Crippen molar-refractivity contribution in [2.24, 2.45) is 0 Å². The third-order valence-electron chi connectivity index (χ3n) is 3.85. The molecule has 2 aromatic rings. The molecule has 1 aromatic heterocycles. The van der Waals surface area contributed by atoms with Gasteiger partial charge in [0.15, 0.2) is 0 Å². The number of anilines is 3. The zero-order valence-electron chi connectivity index (χ0n) is 11.9. The Labute approximate surface area is 136 Å². The second kappa shape index (κ2) is 5.50. The molecule has 0 bridgehead atoms. The minimum absolute atomic E-state index is 0.308. The first-order valence-electron chi connectivity index (χ1n) is 7.55. The summed E-state index contributed by atoms with van der Waals surface area (Å²) in [6.07, 6.45) is 4.68. The van der Waals surface area contributed by atoms with E-state index in [1.807, 2.05) is 6.07 Å². The molecule has 0 atom stereocenters. The van der Waals surface area contributed by atoms with E-state index in [0.717, 1.165) is 5.69 Å². The Bertz CT molecular complexity index is 713. The first-order valence-corrected chi connectivity index (χ1v) is 8.34. The van der Waals surface area contributed by atoms with E-state index in [1.165, 1.54) is 31.7 Å². The van der Waals surface area contributed by atoms with Gasteiger partial charge in [0.2, 0.25) is 5.95 Å². The smallest absolute Gasteiger partial charge is 0.225 e. The van der Waals surface area contributed by atoms with Gasteiger partial charge in [-0.05, 0) is 43.9 Å². The molecule has 22 heavy (non-hydrogen) atoms. The van der Waals surface area contributed by atoms with Gasteiger partial charge >= 0.3 is 0 Å². The molecule has 0 spiro atoms. The summed E-state index contributed by atoms with van der Waals surface area (Å²) in [5, 5.41) is 6.39. The fourth-order valence-corrected chi connectivity index (χ4v) is 2.66. The maximum Gasteiger partial charge on any atom is 0.225 e. The van der Waals surface area contributed by atoms with Crippen LogP contribution in [0.4, 0.5) is 21.8 Å². The molecule has 2 N–H and O–H groups in total. The summed E-state index contributed by atoms with van der Waals surface area (Å²) in [4.78, 5) is 9.06. The number of benzene rings is 1. The normalized spacial score (nSPS) is 17.4. The molecular formula is C16H16BrFN4. The van der Waals surface area contributed by atoms with Crippen LogP contribution in [0.1, 0.15) is 37.3 Å². The van der Waals surface area contributed by atoms with Crippen molar-refractivity contribution in [3.05, 3.63) is 40.2 Å². The van der Waals surface area contributed by atoms with E-state index in [1.54, 1.807) is 12.1 Å². The zero-order valence-corrected chi connectivity index (χ0v) is 13.5. The molecule has 2 saturated carbocycles. The summed E-state index contributed by atoms with van der Waals surface area (Å²) in [6.45, 7) is 0. The third kappa shape index (κ3) is 3.21. The van der Waals surface area contributed by atoms with E-state index >= 15 is 0 Å². The molecule has 0 unspecified atom stereocenters. The summed E-state index contributed by atoms with van der Waals surface area (Å²) in [5.41, 5.74) is 1.46. The number of halogens is 2. The first kappa shape index (κ1) is 13.9. The molecular weight excluding hydrogens is 347 g/mol. The molecule has 114 valence electrons. The van der Waals surface area contributed by atoms with Crippen molar-refractivity contribution in [2.45, 2.75) is 37.6 Å². The Hall–Kier alpha value is -1.69. The van der Waals surface area contributed by atoms with Crippen LogP contribution in [0.25, 0.3) is 0 Å². The lowest BCUT2D eigenvalue weighted by Gasteiger charge is -2.11. The lowest BCUT2D eigenvalue weighted by Crippen LogP contribution is -2.08. The average Bonchev–Trinajstić information content (AvgIpc) is 3.35. The minimum Gasteiger partial charge on any atom is -0.351 e. The van der Waals surface area contributed by atoms with E-state index in [0.29, 0.717) is 33.9 Å². The van der Waals surface area contributed by atoms with E-state index in [-0.39, 0.29) is 5.82 Å². The summed E-state index contributed by atoms with van der Waals surface area (Å²) in [6, 6.07) is 7.36. The highest BCUT2D eigenvalue weighted by Crippen LogP contribution is 2.40. The maximum absolute atomic E-state index is 14.0. The Morgan fingerprint density at radius 1 is 1.09 bits per heavy atom. The highest BCUT2D eigenvalue weighted by molar-refractivity contribution is 9.10. The molecule has 2 aliphatic carbocycles. The van der Waals surface area contributed by atoms with Gasteiger partial charge in [-0.3, -0.25) is 0 Å². The molecule has 0 amide bonds. The molecule has 0 saturated heterocycles. The molecule has 0 aliphatic heterocycles. The van der Waals surface area contributed by atoms with Gasteiger partial charge in [0.05, 0.1) is 11.4 Å². The fourth-order valence-electron chi connectivity index (χ4n) is 2.32. The second-order valence-electron chi connectivity index (χ2n) is 5.94. The summed E-state index contributed by atoms with van der Waals surface area (Å²) in [7, 11) is 0. The van der Waals surface area contributed by atoms with Crippen LogP contribution in [0.3, 0.4) is 0 Å². The predicted molar refractivity (Wildman–Crippen MR) is 88.0 cm³/mol. The van der Waals surface area contributed by atoms with Gasteiger partial charge in [-0.2, -0.15) is 4.98 Å². The zero-order chi connectivity index (χ0) is 15.1. The highest BCUT2D eigenvalue weighted by Gasteiger charge is 2.28. The highest BCUT2D eigenvalue weighted by atomic mass is 79.9. The Morgan fingerprint density at radius 2 is 1.91 bits per heavy atom. The molecule has 2 fully saturated rings. The van der Waals surface area contributed by atoms with Crippen LogP contribution in [0.2, 0.25) is 0 Å². The number of rotatable bonds is 5. The van der Waals surface area contributed by atoms with Crippen LogP contribution < -0.4 is 10.6 Å². The number of aromatic nitrogens is 2. The van der Waals surface area contributed by atoms with E-state index in [4.69, 9.17) is 0 Å². The van der Waals surface area contributed by atoms with Gasteiger partial charge in [0, 0.05) is 22.5 Å². The summed E-state index contributed by atoms with van der Waals surface area (Å²) in [5.74, 6) is 1.50. The molecule has 1 heterocycles. The van der Waals surface area contributed by atoms with Crippen LogP contribution in [0.5, 0.6) is 0 Å². The molecule has 2 aliphatic rings. The molecule has 6 heteroatoms. The molecule has 0 radical (unpaired) electrons. The maximum atomic E-state index is 14.0. The average molecular weight is 363 g/mol. The molecule has 4 rings (SSSR count). The van der Waals surface area contributed by atoms with Gasteiger partial charge in [-0.15, -0.1) is 0 Å². The minimum atomic E-state index is -0.308. The van der Waals surface area contributed by atoms with Crippen molar-refractivity contribution >= 4 is 33.4 Å². The van der Waals surface area contributed by atoms with Gasteiger partial charge in [0.25, 0.3) is 0 Å². The number of nitrogens with zero attached hydrogens (tertiary/aromatic N) is 2. The van der Waals surface area contributed by atoms with Gasteiger partial charge in [-0.1, -0.05) is 15.9 Å². The van der Waals surface area contributed by atoms with Crippen LogP contribution in [-0.2, 0) is 0 Å². The number of hydrogen-bond acceptors (Lipinski definition) is 4. The topological polar surface area (TPSA) is 49.8 Å². The van der Waals surface area contributed by atoms with Crippen LogP contribution >= 0.6 is 15.9 Å². The Morgan fingerprint density at radius 3 is 2.59 bits per heavy atom. The van der Waals surface area contributed by atoms with Crippen molar-refractivity contribution in [3.8, 4) is 0 Å². The van der Waals surface area contributed by atoms with Crippen molar-refractivity contribution in [2.75, 3.05) is 10.6 Å². The van der Waals surface area contributed by atoms with E-state index < -0.39 is 0 Å². The summed E-state index contributed by atoms with van der Waals surface area (Å²) < 4.78 is 14.7. The third-order valence-corrected chi connectivity index (χ3v) is 4.34. The fraction of sp³-hybridized carbons (Fsp3) is 0.375. The monoisotopic (exact) mass is 362 g/mol. The van der Waals surface area contributed by atoms with E-state index in [9.17, 15) is 4.39 Å². The number of hydrogen-bond donors (Lipinski definition) is 2. The Kier molecular flexibility index (Phi) is 3.48. The van der Waals surface area contributed by atoms with Crippen molar-refractivity contribution < 1.29 is 4.39 Å². The predicted octanol–water partition coefficient (Wildman–Crippen LogP) is 4.57. The molecule has 1 aromatic carbocycles. The van der Waals surface area contributed by atoms with E-state index in [2.05, 4.69) is 36.5 Å². The van der Waals surface area contributed by atoms with Crippen molar-refractivity contribution in [3.63, 3.8) is 0 Å². The SMILES string of the molecule is Fc1cc(Br)ccc1Nc1cc(C2CC2)nc(NC2CC2)n1. The Balaban J connectivity index is 1.62. The van der Waals surface area contributed by atoms with Gasteiger partial charge in [0.1, 0.15) is 11.6 Å². The van der Waals surface area contributed by atoms with Crippen LogP contribution in [-0.4, -0.2) is 16.0 Å². The lowest BCUT2D eigenvalue weighted by atomic mass is 10.2. The van der Waals surface area contributed by atoms with Crippen molar-refractivity contribution in [1.82, 2.24) is 9.97 Å². The lowest BCUT2D eigenvalue weighted by molar-refractivity contribution is 0.631. The second-order valence-corrected chi connectivity index (χ2v) is 6.86. The number of nitrogens with one attached hydrogen (secondary N) is 2. The van der Waals surface area contributed by atoms with Crippen molar-refractivity contribution in [1.29, 1.82) is 0 Å². The van der Waals surface area contributed by atoms with Crippen LogP contribution in [0, 0.1) is 5.82 Å². The molecule has 4 nitrogen and oxygen atoms in total. The first-order chi connectivity index (χ1) is 10.7. The van der Waals surface area contributed by atoms with Gasteiger partial charge < -0.3 is 10.6 Å². The quantitative estimate of drug-likeness (QED) is 0.817. The van der Waals surface area contributed by atoms with Gasteiger partial charge in [-0.25, -0.2) is 9.37 Å². The van der Waals surface area contributed by atoms with Crippen LogP contribution in [0.15, 0.2) is 28.7 Å². The largest absolute Gasteiger partial charge is 0.351 e.